The van der Waals surface area contributed by atoms with Crippen LogP contribution in [0.3, 0.4) is 0 Å². The van der Waals surface area contributed by atoms with Crippen molar-refractivity contribution in [3.8, 4) is 0 Å². The highest BCUT2D eigenvalue weighted by atomic mass is 32.2. The third-order valence-electron chi connectivity index (χ3n) is 3.64. The first-order valence-corrected chi connectivity index (χ1v) is 8.47. The van der Waals surface area contributed by atoms with Crippen molar-refractivity contribution in [3.63, 3.8) is 0 Å². The van der Waals surface area contributed by atoms with Crippen molar-refractivity contribution in [2.75, 3.05) is 11.1 Å². The molecule has 0 saturated heterocycles. The molecule has 0 aliphatic heterocycles. The molecule has 1 aliphatic rings. The summed E-state index contributed by atoms with van der Waals surface area (Å²) in [6.07, 6.45) is 4.41. The molecule has 4 nitrogen and oxygen atoms in total. The number of rotatable bonds is 8. The molecule has 1 aromatic rings. The Bertz CT molecular complexity index is 500. The molecule has 0 bridgehead atoms. The molecular formula is C16H21NO3S. The predicted molar refractivity (Wildman–Crippen MR) is 85.4 cm³/mol. The van der Waals surface area contributed by atoms with Gasteiger partial charge in [0.1, 0.15) is 0 Å². The summed E-state index contributed by atoms with van der Waals surface area (Å²) in [7, 11) is 0. The number of hydrogen-bond acceptors (Lipinski definition) is 3. The van der Waals surface area contributed by atoms with Gasteiger partial charge in [0, 0.05) is 23.6 Å². The molecule has 21 heavy (non-hydrogen) atoms. The number of carbonyl (C=O) groups is 2. The Morgan fingerprint density at radius 1 is 1.33 bits per heavy atom. The van der Waals surface area contributed by atoms with Crippen molar-refractivity contribution < 1.29 is 14.7 Å². The van der Waals surface area contributed by atoms with E-state index in [1.165, 1.54) is 19.3 Å². The molecule has 1 aliphatic carbocycles. The zero-order valence-corrected chi connectivity index (χ0v) is 12.8. The van der Waals surface area contributed by atoms with Crippen LogP contribution in [0, 0.1) is 5.92 Å². The largest absolute Gasteiger partial charge is 0.481 e. The number of amides is 1. The average Bonchev–Trinajstić information content (AvgIpc) is 2.39. The van der Waals surface area contributed by atoms with Crippen LogP contribution in [0.4, 0.5) is 5.69 Å². The van der Waals surface area contributed by atoms with E-state index in [1.54, 1.807) is 11.8 Å². The molecule has 0 spiro atoms. The van der Waals surface area contributed by atoms with E-state index in [2.05, 4.69) is 5.32 Å². The van der Waals surface area contributed by atoms with Gasteiger partial charge in [0.15, 0.2) is 0 Å². The van der Waals surface area contributed by atoms with Crippen LogP contribution >= 0.6 is 11.8 Å². The maximum Gasteiger partial charge on any atom is 0.304 e. The van der Waals surface area contributed by atoms with E-state index in [0.717, 1.165) is 17.0 Å². The Morgan fingerprint density at radius 2 is 2.14 bits per heavy atom. The van der Waals surface area contributed by atoms with Gasteiger partial charge >= 0.3 is 5.97 Å². The monoisotopic (exact) mass is 307 g/mol. The first-order chi connectivity index (χ1) is 10.1. The van der Waals surface area contributed by atoms with Crippen LogP contribution < -0.4 is 5.32 Å². The minimum Gasteiger partial charge on any atom is -0.481 e. The number of thioether (sulfide) groups is 1. The smallest absolute Gasteiger partial charge is 0.304 e. The fourth-order valence-electron chi connectivity index (χ4n) is 2.26. The van der Waals surface area contributed by atoms with Gasteiger partial charge in [0.05, 0.1) is 6.42 Å². The van der Waals surface area contributed by atoms with E-state index in [-0.39, 0.29) is 12.3 Å². The van der Waals surface area contributed by atoms with Crippen molar-refractivity contribution in [1.29, 1.82) is 0 Å². The van der Waals surface area contributed by atoms with E-state index in [9.17, 15) is 9.59 Å². The highest BCUT2D eigenvalue weighted by molar-refractivity contribution is 7.98. The number of anilines is 1. The minimum absolute atomic E-state index is 0.0929. The summed E-state index contributed by atoms with van der Waals surface area (Å²) >= 11 is 1.59. The van der Waals surface area contributed by atoms with Crippen LogP contribution in [0.1, 0.15) is 37.7 Å². The fourth-order valence-corrected chi connectivity index (χ4v) is 3.14. The number of benzene rings is 1. The molecule has 1 fully saturated rings. The third kappa shape index (κ3) is 5.79. The average molecular weight is 307 g/mol. The highest BCUT2D eigenvalue weighted by Gasteiger charge is 2.20. The number of carbonyl (C=O) groups excluding carboxylic acids is 1. The molecule has 1 aromatic carbocycles. The quantitative estimate of drug-likeness (QED) is 0.721. The van der Waals surface area contributed by atoms with Crippen LogP contribution in [0.5, 0.6) is 0 Å². The lowest BCUT2D eigenvalue weighted by molar-refractivity contribution is -0.136. The van der Waals surface area contributed by atoms with Crippen LogP contribution in [-0.4, -0.2) is 22.7 Å². The van der Waals surface area contributed by atoms with Crippen molar-refractivity contribution in [3.05, 3.63) is 29.8 Å². The molecule has 0 radical (unpaired) electrons. The van der Waals surface area contributed by atoms with Crippen LogP contribution in [-0.2, 0) is 15.3 Å². The number of carboxylic acid groups (broad SMARTS) is 1. The molecule has 2 N–H and O–H groups in total. The maximum atomic E-state index is 11.9. The Morgan fingerprint density at radius 3 is 2.81 bits per heavy atom. The summed E-state index contributed by atoms with van der Waals surface area (Å²) in [4.78, 5) is 22.3. The maximum absolute atomic E-state index is 11.9. The van der Waals surface area contributed by atoms with Gasteiger partial charge in [-0.2, -0.15) is 11.8 Å². The van der Waals surface area contributed by atoms with Gasteiger partial charge in [-0.05, 0) is 36.5 Å². The van der Waals surface area contributed by atoms with Crippen molar-refractivity contribution in [2.45, 2.75) is 37.9 Å². The van der Waals surface area contributed by atoms with E-state index >= 15 is 0 Å². The van der Waals surface area contributed by atoms with Crippen LogP contribution in [0.25, 0.3) is 0 Å². The SMILES string of the molecule is O=C(O)CCSCc1cccc(NC(=O)CC2CCC2)c1. The number of carboxylic acids is 1. The summed E-state index contributed by atoms with van der Waals surface area (Å²) in [5.41, 5.74) is 1.93. The highest BCUT2D eigenvalue weighted by Crippen LogP contribution is 2.29. The lowest BCUT2D eigenvalue weighted by atomic mass is 9.83. The van der Waals surface area contributed by atoms with E-state index < -0.39 is 5.97 Å². The molecule has 0 heterocycles. The first kappa shape index (κ1) is 15.9. The molecule has 5 heteroatoms. The van der Waals surface area contributed by atoms with Gasteiger partial charge in [-0.15, -0.1) is 0 Å². The normalized spacial score (nSPS) is 14.5. The van der Waals surface area contributed by atoms with Crippen molar-refractivity contribution in [1.82, 2.24) is 0 Å². The molecule has 2 rings (SSSR count). The van der Waals surface area contributed by atoms with Gasteiger partial charge in [-0.3, -0.25) is 9.59 Å². The topological polar surface area (TPSA) is 66.4 Å². The van der Waals surface area contributed by atoms with Gasteiger partial charge in [0.25, 0.3) is 0 Å². The fraction of sp³-hybridized carbons (Fsp3) is 0.500. The molecule has 0 atom stereocenters. The summed E-state index contributed by atoms with van der Waals surface area (Å²) in [6, 6.07) is 7.78. The van der Waals surface area contributed by atoms with Crippen LogP contribution in [0.2, 0.25) is 0 Å². The van der Waals surface area contributed by atoms with Crippen molar-refractivity contribution >= 4 is 29.3 Å². The van der Waals surface area contributed by atoms with Gasteiger partial charge in [0.2, 0.25) is 5.91 Å². The second-order valence-electron chi connectivity index (χ2n) is 5.45. The molecular weight excluding hydrogens is 286 g/mol. The first-order valence-electron chi connectivity index (χ1n) is 7.32. The zero-order valence-electron chi connectivity index (χ0n) is 12.0. The van der Waals surface area contributed by atoms with Crippen LogP contribution in [0.15, 0.2) is 24.3 Å². The molecule has 0 aromatic heterocycles. The summed E-state index contributed by atoms with van der Waals surface area (Å²) in [5, 5.41) is 11.5. The lowest BCUT2D eigenvalue weighted by Crippen LogP contribution is -2.20. The van der Waals surface area contributed by atoms with Gasteiger partial charge in [-0.25, -0.2) is 0 Å². The van der Waals surface area contributed by atoms with E-state index in [0.29, 0.717) is 18.1 Å². The Balaban J connectivity index is 1.76. The van der Waals surface area contributed by atoms with Crippen molar-refractivity contribution in [2.24, 2.45) is 5.92 Å². The summed E-state index contributed by atoms with van der Waals surface area (Å²) in [6.45, 7) is 0. The molecule has 1 saturated carbocycles. The summed E-state index contributed by atoms with van der Waals surface area (Å²) < 4.78 is 0. The number of aliphatic carboxylic acids is 1. The summed E-state index contributed by atoms with van der Waals surface area (Å²) in [5.74, 6) is 1.27. The second-order valence-corrected chi connectivity index (χ2v) is 6.55. The number of hydrogen-bond donors (Lipinski definition) is 2. The van der Waals surface area contributed by atoms with E-state index in [4.69, 9.17) is 5.11 Å². The van der Waals surface area contributed by atoms with Gasteiger partial charge in [-0.1, -0.05) is 18.6 Å². The molecule has 1 amide bonds. The lowest BCUT2D eigenvalue weighted by Gasteiger charge is -2.24. The molecule has 0 unspecified atom stereocenters. The Kier molecular flexibility index (Phi) is 6.11. The van der Waals surface area contributed by atoms with Gasteiger partial charge < -0.3 is 10.4 Å². The zero-order chi connectivity index (χ0) is 15.1. The van der Waals surface area contributed by atoms with E-state index in [1.807, 2.05) is 24.3 Å². The third-order valence-corrected chi connectivity index (χ3v) is 4.67. The Labute approximate surface area is 129 Å². The standard InChI is InChI=1S/C16H21NO3S/c18-15(10-12-3-1-4-12)17-14-6-2-5-13(9-14)11-21-8-7-16(19)20/h2,5-6,9,12H,1,3-4,7-8,10-11H2,(H,17,18)(H,19,20). The second kappa shape index (κ2) is 8.08. The number of nitrogens with one attached hydrogen (secondary N) is 1. The predicted octanol–water partition coefficient (Wildman–Crippen LogP) is 3.52. The Hall–Kier alpha value is -1.49. The minimum atomic E-state index is -0.764. The molecule has 114 valence electrons.